The lowest BCUT2D eigenvalue weighted by molar-refractivity contribution is -0.138. The molecule has 0 aliphatic heterocycles. The Kier molecular flexibility index (Phi) is 165. The van der Waals surface area contributed by atoms with Crippen molar-refractivity contribution >= 4 is 41.8 Å². The van der Waals surface area contributed by atoms with Crippen LogP contribution in [-0.4, -0.2) is 100 Å². The highest BCUT2D eigenvalue weighted by Crippen LogP contribution is 2.23. The minimum absolute atomic E-state index is 0.139. The quantitative estimate of drug-likeness (QED) is 0.0256. The highest BCUT2D eigenvalue weighted by atomic mass is 16.4. The fourth-order valence-corrected chi connectivity index (χ4v) is 18.5. The summed E-state index contributed by atoms with van der Waals surface area (Å²) in [7, 11) is 0. The predicted octanol–water partition coefficient (Wildman–Crippen LogP) is 43.7. The third-order valence-corrected chi connectivity index (χ3v) is 28.2. The predicted molar refractivity (Wildman–Crippen MR) is 629 cm³/mol. The smallest absolute Gasteiger partial charge is 0.303 e. The standard InChI is InChI=1S/7C18H36O2.C3H8O2/c7*1-2-3-4-5-6-7-8-9-10-11-12-13-14-15-16-17-18(19)20;1-3(5)2-4/h7*2-17H2,1H3,(H,19,20);3-5H,2H2,1H3. The highest BCUT2D eigenvalue weighted by molar-refractivity contribution is 5.68. The van der Waals surface area contributed by atoms with Gasteiger partial charge in [-0.1, -0.05) is 678 Å². The van der Waals surface area contributed by atoms with Crippen LogP contribution in [0.3, 0.4) is 0 Å². The summed E-state index contributed by atoms with van der Waals surface area (Å²) in [6.07, 6.45) is 141. The van der Waals surface area contributed by atoms with Crippen molar-refractivity contribution < 1.29 is 79.5 Å². The maximum atomic E-state index is 10.3. The van der Waals surface area contributed by atoms with E-state index in [4.69, 9.17) is 46.0 Å². The number of rotatable bonds is 113. The summed E-state index contributed by atoms with van der Waals surface area (Å²) < 4.78 is 0. The van der Waals surface area contributed by atoms with Gasteiger partial charge in [-0.2, -0.15) is 0 Å². The van der Waals surface area contributed by atoms with Crippen LogP contribution in [0, 0.1) is 0 Å². The van der Waals surface area contributed by atoms with Gasteiger partial charge in [-0.15, -0.1) is 0 Å². The van der Waals surface area contributed by atoms with Crippen molar-refractivity contribution in [3.63, 3.8) is 0 Å². The third-order valence-electron chi connectivity index (χ3n) is 28.2. The van der Waals surface area contributed by atoms with Crippen LogP contribution >= 0.6 is 0 Å². The molecule has 1 atom stereocenters. The molecule has 0 aliphatic rings. The Morgan fingerprint density at radius 2 is 0.172 bits per heavy atom. The minimum Gasteiger partial charge on any atom is -0.481 e. The molecule has 0 spiro atoms. The Labute approximate surface area is 903 Å². The zero-order valence-electron chi connectivity index (χ0n) is 98.9. The molecule has 1 unspecified atom stereocenters. The zero-order valence-corrected chi connectivity index (χ0v) is 98.9. The number of hydrogen-bond donors (Lipinski definition) is 9. The van der Waals surface area contributed by atoms with Crippen molar-refractivity contribution in [1.82, 2.24) is 0 Å². The van der Waals surface area contributed by atoms with Crippen LogP contribution in [0.25, 0.3) is 0 Å². The largest absolute Gasteiger partial charge is 0.481 e. The number of unbranched alkanes of at least 4 members (excludes halogenated alkanes) is 98. The molecule has 0 heterocycles. The van der Waals surface area contributed by atoms with Gasteiger partial charge in [0.2, 0.25) is 0 Å². The number of carbonyl (C=O) groups is 7. The van der Waals surface area contributed by atoms with E-state index in [1.807, 2.05) is 0 Å². The molecule has 0 amide bonds. The monoisotopic (exact) mass is 2070 g/mol. The van der Waals surface area contributed by atoms with Gasteiger partial charge in [0.05, 0.1) is 12.7 Å². The summed E-state index contributed by atoms with van der Waals surface area (Å²) in [4.78, 5) is 72.3. The van der Waals surface area contributed by atoms with Gasteiger partial charge in [0, 0.05) is 44.9 Å². The fourth-order valence-electron chi connectivity index (χ4n) is 18.5. The fraction of sp³-hybridized carbons (Fsp3) is 0.946. The number of hydrogen-bond acceptors (Lipinski definition) is 9. The van der Waals surface area contributed by atoms with Crippen LogP contribution < -0.4 is 0 Å². The van der Waals surface area contributed by atoms with Gasteiger partial charge < -0.3 is 46.0 Å². The summed E-state index contributed by atoms with van der Waals surface area (Å²) in [5, 5.41) is 75.6. The Balaban J connectivity index is -0.000000249. The lowest BCUT2D eigenvalue weighted by Crippen LogP contribution is -2.03. The van der Waals surface area contributed by atoms with Gasteiger partial charge in [-0.25, -0.2) is 0 Å². The molecule has 0 bridgehead atoms. The Morgan fingerprint density at radius 1 is 0.124 bits per heavy atom. The third kappa shape index (κ3) is 195. The molecule has 0 aliphatic carbocycles. The minimum atomic E-state index is -0.653. The molecule has 9 N–H and O–H groups in total. The summed E-state index contributed by atoms with van der Waals surface area (Å²) >= 11 is 0. The molecule has 16 nitrogen and oxygen atoms in total. The topological polar surface area (TPSA) is 302 Å². The van der Waals surface area contributed by atoms with Gasteiger partial charge in [0.25, 0.3) is 0 Å². The summed E-state index contributed by atoms with van der Waals surface area (Å²) in [6, 6.07) is 0. The van der Waals surface area contributed by atoms with E-state index in [0.717, 1.165) is 89.9 Å². The maximum absolute atomic E-state index is 10.3. The van der Waals surface area contributed by atoms with Gasteiger partial charge in [-0.3, -0.25) is 33.6 Å². The van der Waals surface area contributed by atoms with Crippen molar-refractivity contribution in [2.24, 2.45) is 0 Å². The van der Waals surface area contributed by atoms with Crippen LogP contribution in [0.5, 0.6) is 0 Å². The number of aliphatic hydroxyl groups excluding tert-OH is 2. The highest BCUT2D eigenvalue weighted by Gasteiger charge is 2.07. The molecule has 0 radical (unpaired) electrons. The van der Waals surface area contributed by atoms with Crippen LogP contribution in [0.15, 0.2) is 0 Å². The zero-order chi connectivity index (χ0) is 109. The van der Waals surface area contributed by atoms with E-state index in [9.17, 15) is 33.6 Å². The number of carboxylic acids is 7. The summed E-state index contributed by atoms with van der Waals surface area (Å²) in [6.45, 7) is 17.3. The average Bonchev–Trinajstić information content (AvgIpc) is 1.09. The lowest BCUT2D eigenvalue weighted by atomic mass is 10.0. The van der Waals surface area contributed by atoms with Crippen LogP contribution in [0.2, 0.25) is 0 Å². The Bertz CT molecular complexity index is 1920. The summed E-state index contributed by atoms with van der Waals surface area (Å²) in [5.41, 5.74) is 0. The van der Waals surface area contributed by atoms with E-state index in [-0.39, 0.29) is 6.61 Å². The Morgan fingerprint density at radius 3 is 0.214 bits per heavy atom. The molecule has 0 fully saturated rings. The van der Waals surface area contributed by atoms with Crippen molar-refractivity contribution in [2.75, 3.05) is 6.61 Å². The molecule has 0 aromatic rings. The van der Waals surface area contributed by atoms with E-state index >= 15 is 0 Å². The van der Waals surface area contributed by atoms with E-state index in [1.165, 1.54) is 591 Å². The van der Waals surface area contributed by atoms with Gasteiger partial charge in [-0.05, 0) is 51.9 Å². The first-order valence-corrected chi connectivity index (χ1v) is 64.5. The molecular formula is C129H260O16. The molecule has 145 heavy (non-hydrogen) atoms. The van der Waals surface area contributed by atoms with Crippen molar-refractivity contribution in [1.29, 1.82) is 0 Å². The van der Waals surface area contributed by atoms with Crippen LogP contribution in [-0.2, 0) is 33.6 Å². The second-order valence-electron chi connectivity index (χ2n) is 43.7. The molecule has 0 aromatic carbocycles. The normalized spacial score (nSPS) is 11.0. The molecule has 0 aromatic heterocycles. The molecule has 0 rings (SSSR count). The molecule has 872 valence electrons. The summed E-state index contributed by atoms with van der Waals surface area (Å²) in [5.74, 6) is -4.57. The van der Waals surface area contributed by atoms with Gasteiger partial charge >= 0.3 is 41.8 Å². The number of aliphatic hydroxyl groups is 2. The van der Waals surface area contributed by atoms with Crippen LogP contribution in [0.4, 0.5) is 0 Å². The van der Waals surface area contributed by atoms with Crippen molar-refractivity contribution in [3.8, 4) is 0 Å². The first-order chi connectivity index (χ1) is 70.7. The second-order valence-corrected chi connectivity index (χ2v) is 43.7. The first-order valence-electron chi connectivity index (χ1n) is 64.5. The average molecular weight is 2070 g/mol. The first kappa shape index (κ1) is 156. The lowest BCUT2D eigenvalue weighted by Gasteiger charge is -2.03. The van der Waals surface area contributed by atoms with Gasteiger partial charge in [0.1, 0.15) is 0 Å². The SMILES string of the molecule is CC(O)CO.CCCCCCCCCCCCCCCCCC(=O)O.CCCCCCCCCCCCCCCCCC(=O)O.CCCCCCCCCCCCCCCCCC(=O)O.CCCCCCCCCCCCCCCCCC(=O)O.CCCCCCCCCCCCCCCCCC(=O)O.CCCCCCCCCCCCCCCCCC(=O)O.CCCCCCCCCCCCCCCCCC(=O)O. The number of carboxylic acid groups (broad SMARTS) is 7. The molecular weight excluding hydrogens is 1810 g/mol. The second kappa shape index (κ2) is 153. The van der Waals surface area contributed by atoms with Crippen molar-refractivity contribution in [2.45, 2.75) is 781 Å². The molecule has 16 heteroatoms. The van der Waals surface area contributed by atoms with Crippen molar-refractivity contribution in [3.05, 3.63) is 0 Å². The molecule has 0 saturated heterocycles. The number of aliphatic carboxylic acids is 7. The van der Waals surface area contributed by atoms with Gasteiger partial charge in [0.15, 0.2) is 0 Å². The van der Waals surface area contributed by atoms with E-state index in [0.29, 0.717) is 44.9 Å². The van der Waals surface area contributed by atoms with E-state index in [2.05, 4.69) is 48.5 Å². The van der Waals surface area contributed by atoms with E-state index in [1.54, 1.807) is 0 Å². The van der Waals surface area contributed by atoms with E-state index < -0.39 is 47.9 Å². The van der Waals surface area contributed by atoms with Crippen LogP contribution in [0.1, 0.15) is 775 Å². The molecule has 0 saturated carbocycles. The Hall–Kier alpha value is -3.79. The maximum Gasteiger partial charge on any atom is 0.303 e.